The van der Waals surface area contributed by atoms with Gasteiger partial charge in [0.25, 0.3) is 0 Å². The Labute approximate surface area is 98.1 Å². The van der Waals surface area contributed by atoms with E-state index in [4.69, 9.17) is 10.8 Å². The van der Waals surface area contributed by atoms with Gasteiger partial charge in [-0.05, 0) is 13.0 Å². The number of hydrogen-bond donors (Lipinski definition) is 3. The van der Waals surface area contributed by atoms with Crippen molar-refractivity contribution in [2.24, 2.45) is 10.7 Å². The molecule has 5 nitrogen and oxygen atoms in total. The number of carbonyl (C=O) groups is 1. The molecule has 1 aliphatic rings. The second-order valence-electron chi connectivity index (χ2n) is 3.23. The molecule has 0 spiro atoms. The van der Waals surface area contributed by atoms with Gasteiger partial charge in [0.2, 0.25) is 0 Å². The van der Waals surface area contributed by atoms with Gasteiger partial charge in [-0.25, -0.2) is 0 Å². The van der Waals surface area contributed by atoms with Gasteiger partial charge < -0.3 is 16.2 Å². The summed E-state index contributed by atoms with van der Waals surface area (Å²) in [5, 5.41) is 10.7. The normalized spacial score (nSPS) is 11.7. The van der Waals surface area contributed by atoms with Crippen LogP contribution in [0.3, 0.4) is 0 Å². The van der Waals surface area contributed by atoms with Crippen LogP contribution >= 0.6 is 0 Å². The molecule has 0 aliphatic carbocycles. The molecule has 0 aromatic heterocycles. The summed E-state index contributed by atoms with van der Waals surface area (Å²) in [4.78, 5) is 13.2. The number of unbranched alkanes of at least 4 members (excludes halogenated alkanes) is 2. The fraction of sp³-hybridized carbons (Fsp3) is 0.818. The van der Waals surface area contributed by atoms with Gasteiger partial charge in [0.05, 0.1) is 12.9 Å². The molecule has 1 rings (SSSR count). The largest absolute Gasteiger partial charge is 0.481 e. The highest BCUT2D eigenvalue weighted by atomic mass is 16.4. The van der Waals surface area contributed by atoms with E-state index in [0.717, 1.165) is 19.6 Å². The number of hydrogen-bond acceptors (Lipinski definition) is 4. The monoisotopic (exact) mass is 231 g/mol. The SMILES string of the molecule is C1=NCCN1.CCC(=O)O.CCCCCN. The lowest BCUT2D eigenvalue weighted by molar-refractivity contribution is -0.136. The first-order chi connectivity index (χ1) is 7.68. The Hall–Kier alpha value is -1.10. The zero-order valence-corrected chi connectivity index (χ0v) is 10.4. The molecular formula is C11H25N3O2. The number of aliphatic imine (C=N–C) groups is 1. The Balaban J connectivity index is 0. The van der Waals surface area contributed by atoms with Crippen LogP contribution in [0.25, 0.3) is 0 Å². The third kappa shape index (κ3) is 23.1. The Kier molecular flexibility index (Phi) is 17.7. The summed E-state index contributed by atoms with van der Waals surface area (Å²) in [6.45, 7) is 6.62. The third-order valence-electron chi connectivity index (χ3n) is 1.68. The quantitative estimate of drug-likeness (QED) is 0.635. The number of nitrogens with two attached hydrogens (primary N) is 1. The molecule has 1 aliphatic heterocycles. The zero-order valence-electron chi connectivity index (χ0n) is 10.4. The van der Waals surface area contributed by atoms with Crippen LogP contribution in [-0.2, 0) is 4.79 Å². The molecule has 0 fully saturated rings. The van der Waals surface area contributed by atoms with E-state index < -0.39 is 5.97 Å². The standard InChI is InChI=1S/C5H13N.C3H6N2.C3H6O2/c1-2-3-4-5-6;1-2-5-3-4-1;1-2-3(4)5/h2-6H2,1H3;3H,1-2H2,(H,4,5);2H2,1H3,(H,4,5). The maximum atomic E-state index is 9.37. The maximum Gasteiger partial charge on any atom is 0.303 e. The second-order valence-corrected chi connectivity index (χ2v) is 3.23. The van der Waals surface area contributed by atoms with Crippen molar-refractivity contribution in [3.8, 4) is 0 Å². The predicted molar refractivity (Wildman–Crippen MR) is 67.9 cm³/mol. The molecule has 16 heavy (non-hydrogen) atoms. The Morgan fingerprint density at radius 3 is 2.25 bits per heavy atom. The van der Waals surface area contributed by atoms with Gasteiger partial charge in [0.15, 0.2) is 0 Å². The molecule has 0 unspecified atom stereocenters. The molecule has 1 heterocycles. The molecule has 96 valence electrons. The fourth-order valence-electron chi connectivity index (χ4n) is 0.717. The second kappa shape index (κ2) is 16.3. The topological polar surface area (TPSA) is 87.7 Å². The van der Waals surface area contributed by atoms with E-state index >= 15 is 0 Å². The van der Waals surface area contributed by atoms with E-state index in [-0.39, 0.29) is 6.42 Å². The van der Waals surface area contributed by atoms with Crippen molar-refractivity contribution in [1.29, 1.82) is 0 Å². The molecule has 4 N–H and O–H groups in total. The lowest BCUT2D eigenvalue weighted by Crippen LogP contribution is -2.04. The van der Waals surface area contributed by atoms with Crippen LogP contribution < -0.4 is 11.1 Å². The lowest BCUT2D eigenvalue weighted by Gasteiger charge is -1.86. The molecule has 0 bridgehead atoms. The van der Waals surface area contributed by atoms with Crippen molar-refractivity contribution >= 4 is 12.3 Å². The smallest absolute Gasteiger partial charge is 0.303 e. The molecular weight excluding hydrogens is 206 g/mol. The number of carboxylic acids is 1. The van der Waals surface area contributed by atoms with Gasteiger partial charge >= 0.3 is 5.97 Å². The molecule has 0 aromatic rings. The van der Waals surface area contributed by atoms with Crippen LogP contribution in [0.1, 0.15) is 39.5 Å². The van der Waals surface area contributed by atoms with E-state index in [1.807, 2.05) is 0 Å². The first-order valence-electron chi connectivity index (χ1n) is 5.82. The van der Waals surface area contributed by atoms with Crippen LogP contribution in [0.5, 0.6) is 0 Å². The average molecular weight is 231 g/mol. The number of carboxylic acid groups (broad SMARTS) is 1. The molecule has 0 aromatic carbocycles. The van der Waals surface area contributed by atoms with E-state index in [1.54, 1.807) is 13.3 Å². The van der Waals surface area contributed by atoms with Crippen LogP contribution in [0.2, 0.25) is 0 Å². The number of nitrogens with zero attached hydrogens (tertiary/aromatic N) is 1. The summed E-state index contributed by atoms with van der Waals surface area (Å²) < 4.78 is 0. The summed E-state index contributed by atoms with van der Waals surface area (Å²) in [6.07, 6.45) is 5.71. The lowest BCUT2D eigenvalue weighted by atomic mass is 10.3. The van der Waals surface area contributed by atoms with Crippen molar-refractivity contribution in [3.63, 3.8) is 0 Å². The molecule has 0 atom stereocenters. The summed E-state index contributed by atoms with van der Waals surface area (Å²) in [5.41, 5.74) is 5.21. The molecule has 0 saturated heterocycles. The predicted octanol–water partition coefficient (Wildman–Crippen LogP) is 1.23. The summed E-state index contributed by atoms with van der Waals surface area (Å²) in [7, 11) is 0. The maximum absolute atomic E-state index is 9.37. The third-order valence-corrected chi connectivity index (χ3v) is 1.68. The highest BCUT2D eigenvalue weighted by molar-refractivity contribution is 5.66. The highest BCUT2D eigenvalue weighted by Crippen LogP contribution is 1.88. The minimum Gasteiger partial charge on any atom is -0.481 e. The van der Waals surface area contributed by atoms with E-state index in [1.165, 1.54) is 19.3 Å². The fourth-order valence-corrected chi connectivity index (χ4v) is 0.717. The Bertz CT molecular complexity index is 163. The van der Waals surface area contributed by atoms with Crippen LogP contribution in [0.15, 0.2) is 4.99 Å². The number of rotatable bonds is 4. The zero-order chi connectivity index (χ0) is 12.6. The van der Waals surface area contributed by atoms with Gasteiger partial charge in [-0.15, -0.1) is 0 Å². The van der Waals surface area contributed by atoms with Gasteiger partial charge in [-0.2, -0.15) is 0 Å². The van der Waals surface area contributed by atoms with Gasteiger partial charge in [-0.1, -0.05) is 26.7 Å². The van der Waals surface area contributed by atoms with Crippen molar-refractivity contribution in [1.82, 2.24) is 5.32 Å². The van der Waals surface area contributed by atoms with Crippen molar-refractivity contribution in [2.45, 2.75) is 39.5 Å². The minimum atomic E-state index is -0.745. The van der Waals surface area contributed by atoms with Gasteiger partial charge in [0, 0.05) is 13.0 Å². The number of nitrogens with one attached hydrogen (secondary N) is 1. The molecule has 0 radical (unpaired) electrons. The first kappa shape index (κ1) is 17.3. The van der Waals surface area contributed by atoms with E-state index in [0.29, 0.717) is 0 Å². The first-order valence-corrected chi connectivity index (χ1v) is 5.82. The highest BCUT2D eigenvalue weighted by Gasteiger charge is 1.82. The summed E-state index contributed by atoms with van der Waals surface area (Å²) in [5.74, 6) is -0.745. The van der Waals surface area contributed by atoms with Crippen LogP contribution in [-0.4, -0.2) is 37.0 Å². The van der Waals surface area contributed by atoms with Gasteiger partial charge in [0.1, 0.15) is 0 Å². The van der Waals surface area contributed by atoms with E-state index in [9.17, 15) is 4.79 Å². The Morgan fingerprint density at radius 2 is 2.12 bits per heavy atom. The van der Waals surface area contributed by atoms with Crippen molar-refractivity contribution in [3.05, 3.63) is 0 Å². The van der Waals surface area contributed by atoms with Crippen LogP contribution in [0, 0.1) is 0 Å². The number of aliphatic carboxylic acids is 1. The molecule has 5 heteroatoms. The van der Waals surface area contributed by atoms with E-state index in [2.05, 4.69) is 17.2 Å². The average Bonchev–Trinajstić information content (AvgIpc) is 2.85. The summed E-state index contributed by atoms with van der Waals surface area (Å²) in [6, 6.07) is 0. The minimum absolute atomic E-state index is 0.222. The van der Waals surface area contributed by atoms with Crippen LogP contribution in [0.4, 0.5) is 0 Å². The summed E-state index contributed by atoms with van der Waals surface area (Å²) >= 11 is 0. The molecule has 0 amide bonds. The molecule has 0 saturated carbocycles. The van der Waals surface area contributed by atoms with Gasteiger partial charge in [-0.3, -0.25) is 9.79 Å². The Morgan fingerprint density at radius 1 is 1.50 bits per heavy atom. The van der Waals surface area contributed by atoms with Crippen molar-refractivity contribution in [2.75, 3.05) is 19.6 Å². The van der Waals surface area contributed by atoms with Crippen molar-refractivity contribution < 1.29 is 9.90 Å².